The Bertz CT molecular complexity index is 798. The second-order valence-corrected chi connectivity index (χ2v) is 7.35. The van der Waals surface area contributed by atoms with Crippen molar-refractivity contribution in [2.45, 2.75) is 43.7 Å². The second kappa shape index (κ2) is 5.62. The molecule has 2 aromatic rings. The molecule has 2 fully saturated rings. The molecule has 0 radical (unpaired) electrons. The number of halogens is 1. The van der Waals surface area contributed by atoms with Gasteiger partial charge in [0.2, 0.25) is 5.43 Å². The molecule has 122 valence electrons. The van der Waals surface area contributed by atoms with Crippen LogP contribution in [-0.2, 0) is 0 Å². The molecule has 5 heteroatoms. The molecule has 1 aliphatic heterocycles. The van der Waals surface area contributed by atoms with Crippen molar-refractivity contribution in [1.29, 1.82) is 0 Å². The Labute approximate surface area is 139 Å². The van der Waals surface area contributed by atoms with Crippen molar-refractivity contribution >= 4 is 22.6 Å². The van der Waals surface area contributed by atoms with Gasteiger partial charge in [-0.25, -0.2) is 0 Å². The minimum atomic E-state index is -0.632. The van der Waals surface area contributed by atoms with E-state index in [0.29, 0.717) is 21.6 Å². The van der Waals surface area contributed by atoms with Crippen LogP contribution in [-0.4, -0.2) is 17.3 Å². The lowest BCUT2D eigenvalue weighted by Gasteiger charge is -2.45. The fraction of sp³-hybridized carbons (Fsp3) is 0.500. The fourth-order valence-electron chi connectivity index (χ4n) is 4.44. The molecule has 1 saturated heterocycles. The van der Waals surface area contributed by atoms with Gasteiger partial charge < -0.3 is 14.8 Å². The average Bonchev–Trinajstić information content (AvgIpc) is 2.55. The van der Waals surface area contributed by atoms with Gasteiger partial charge in [-0.3, -0.25) is 4.79 Å². The number of fused-ring (bicyclic) bond motifs is 2. The molecule has 3 atom stereocenters. The van der Waals surface area contributed by atoms with E-state index in [1.54, 1.807) is 24.5 Å². The van der Waals surface area contributed by atoms with Gasteiger partial charge in [-0.05, 0) is 31.0 Å². The lowest BCUT2D eigenvalue weighted by atomic mass is 9.67. The van der Waals surface area contributed by atoms with Crippen molar-refractivity contribution < 1.29 is 14.8 Å². The number of hydrogen-bond acceptors (Lipinski definition) is 3. The smallest absolute Gasteiger partial charge is 0.201 e. The lowest BCUT2D eigenvalue weighted by molar-refractivity contribution is -0.719. The van der Waals surface area contributed by atoms with Crippen molar-refractivity contribution in [3.05, 3.63) is 45.3 Å². The van der Waals surface area contributed by atoms with Crippen molar-refractivity contribution in [3.63, 3.8) is 0 Å². The van der Waals surface area contributed by atoms with Crippen LogP contribution in [0, 0.1) is 5.92 Å². The van der Waals surface area contributed by atoms with E-state index < -0.39 is 5.60 Å². The summed E-state index contributed by atoms with van der Waals surface area (Å²) in [6.45, 7) is 0.838. The first-order valence-electron chi connectivity index (χ1n) is 8.35. The summed E-state index contributed by atoms with van der Waals surface area (Å²) in [5.74, 6) is 0.115. The molecule has 0 amide bonds. The number of benzene rings is 1. The summed E-state index contributed by atoms with van der Waals surface area (Å²) in [7, 11) is 0. The van der Waals surface area contributed by atoms with Gasteiger partial charge in [0.25, 0.3) is 0 Å². The molecule has 1 aromatic carbocycles. The molecular weight excluding hydrogens is 314 g/mol. The molecular formula is C18H21ClNO3+. The van der Waals surface area contributed by atoms with E-state index in [1.165, 1.54) is 0 Å². The third-order valence-corrected chi connectivity index (χ3v) is 5.85. The maximum atomic E-state index is 12.9. The summed E-state index contributed by atoms with van der Waals surface area (Å²) in [6, 6.07) is 5.08. The Balaban J connectivity index is 1.82. The largest absolute Gasteiger partial charge is 0.464 e. The molecule has 0 spiro atoms. The zero-order valence-corrected chi connectivity index (χ0v) is 13.7. The Hall–Kier alpha value is -1.36. The van der Waals surface area contributed by atoms with Gasteiger partial charge in [0.05, 0.1) is 23.1 Å². The first-order chi connectivity index (χ1) is 11.1. The molecule has 23 heavy (non-hydrogen) atoms. The zero-order valence-electron chi connectivity index (χ0n) is 12.9. The van der Waals surface area contributed by atoms with Crippen LogP contribution in [0.3, 0.4) is 0 Å². The summed E-state index contributed by atoms with van der Waals surface area (Å²) >= 11 is 6.03. The van der Waals surface area contributed by atoms with E-state index >= 15 is 0 Å². The monoisotopic (exact) mass is 334 g/mol. The molecule has 2 heterocycles. The normalized spacial score (nSPS) is 31.0. The zero-order chi connectivity index (χ0) is 16.0. The molecule has 0 bridgehead atoms. The predicted octanol–water partition coefficient (Wildman–Crippen LogP) is 2.38. The Morgan fingerprint density at radius 2 is 2.17 bits per heavy atom. The highest BCUT2D eigenvalue weighted by Gasteiger charge is 2.49. The minimum absolute atomic E-state index is 0.0233. The molecule has 1 aliphatic carbocycles. The number of aliphatic hydroxyl groups is 1. The molecule has 4 rings (SSSR count). The number of nitrogens with two attached hydrogens (primary N) is 1. The molecule has 1 saturated carbocycles. The van der Waals surface area contributed by atoms with E-state index in [1.807, 2.05) is 0 Å². The third-order valence-electron chi connectivity index (χ3n) is 5.62. The van der Waals surface area contributed by atoms with Gasteiger partial charge in [0.1, 0.15) is 17.9 Å². The highest BCUT2D eigenvalue weighted by Crippen LogP contribution is 2.43. The number of hydrogen-bond donors (Lipinski definition) is 2. The van der Waals surface area contributed by atoms with Crippen molar-refractivity contribution in [3.8, 4) is 0 Å². The van der Waals surface area contributed by atoms with Crippen LogP contribution < -0.4 is 10.7 Å². The lowest BCUT2D eigenvalue weighted by Crippen LogP contribution is -2.91. The average molecular weight is 335 g/mol. The topological polar surface area (TPSA) is 67.0 Å². The van der Waals surface area contributed by atoms with Crippen LogP contribution in [0.5, 0.6) is 0 Å². The van der Waals surface area contributed by atoms with Crippen LogP contribution in [0.4, 0.5) is 0 Å². The van der Waals surface area contributed by atoms with Crippen LogP contribution >= 0.6 is 11.6 Å². The summed E-state index contributed by atoms with van der Waals surface area (Å²) in [6.07, 6.45) is 6.38. The van der Waals surface area contributed by atoms with Gasteiger partial charge >= 0.3 is 0 Å². The Morgan fingerprint density at radius 3 is 3.04 bits per heavy atom. The van der Waals surface area contributed by atoms with Crippen LogP contribution in [0.2, 0.25) is 5.02 Å². The van der Waals surface area contributed by atoms with Gasteiger partial charge in [0, 0.05) is 17.4 Å². The quantitative estimate of drug-likeness (QED) is 0.841. The number of quaternary nitrogens is 1. The molecule has 3 N–H and O–H groups in total. The van der Waals surface area contributed by atoms with Gasteiger partial charge in [-0.1, -0.05) is 24.4 Å². The fourth-order valence-corrected chi connectivity index (χ4v) is 4.61. The van der Waals surface area contributed by atoms with E-state index in [2.05, 4.69) is 5.32 Å². The van der Waals surface area contributed by atoms with E-state index in [4.69, 9.17) is 16.0 Å². The maximum Gasteiger partial charge on any atom is 0.201 e. The number of rotatable bonds is 1. The second-order valence-electron chi connectivity index (χ2n) is 6.92. The third kappa shape index (κ3) is 2.49. The summed E-state index contributed by atoms with van der Waals surface area (Å²) in [5.41, 5.74) is 0.556. The van der Waals surface area contributed by atoms with Crippen LogP contribution in [0.15, 0.2) is 33.7 Å². The summed E-state index contributed by atoms with van der Waals surface area (Å²) in [5, 5.41) is 14.2. The summed E-state index contributed by atoms with van der Waals surface area (Å²) in [4.78, 5) is 12.9. The Kier molecular flexibility index (Phi) is 3.71. The van der Waals surface area contributed by atoms with Crippen LogP contribution in [0.25, 0.3) is 11.0 Å². The highest BCUT2D eigenvalue weighted by atomic mass is 35.5. The van der Waals surface area contributed by atoms with E-state index in [-0.39, 0.29) is 17.4 Å². The van der Waals surface area contributed by atoms with Crippen molar-refractivity contribution in [2.75, 3.05) is 6.54 Å². The highest BCUT2D eigenvalue weighted by molar-refractivity contribution is 6.31. The van der Waals surface area contributed by atoms with Crippen molar-refractivity contribution in [2.24, 2.45) is 5.92 Å². The summed E-state index contributed by atoms with van der Waals surface area (Å²) < 4.78 is 5.68. The van der Waals surface area contributed by atoms with Gasteiger partial charge in [0.15, 0.2) is 0 Å². The molecule has 0 unspecified atom stereocenters. The van der Waals surface area contributed by atoms with Gasteiger partial charge in [-0.2, -0.15) is 0 Å². The maximum absolute atomic E-state index is 12.9. The first-order valence-corrected chi connectivity index (χ1v) is 8.73. The standard InChI is InChI=1S/C18H20ClNO3/c19-11-4-5-15-12(9-11)17(21)13(10-23-15)16-14-3-1-2-6-18(14,22)7-8-20-16/h4-5,9-10,14,16,20,22H,1-3,6-8H2/p+1/t14-,16+,18-/m0/s1. The molecule has 4 nitrogen and oxygen atoms in total. The number of piperidine rings is 1. The van der Waals surface area contributed by atoms with Crippen molar-refractivity contribution in [1.82, 2.24) is 0 Å². The SMILES string of the molecule is O=c1c([C@H]2[NH2+]CC[C@@]3(O)CCCC[C@@H]23)coc2ccc(Cl)cc12. The van der Waals surface area contributed by atoms with Crippen LogP contribution in [0.1, 0.15) is 43.7 Å². The molecule has 2 aliphatic rings. The Morgan fingerprint density at radius 1 is 1.30 bits per heavy atom. The van der Waals surface area contributed by atoms with E-state index in [0.717, 1.165) is 38.6 Å². The predicted molar refractivity (Wildman–Crippen MR) is 88.6 cm³/mol. The van der Waals surface area contributed by atoms with Gasteiger partial charge in [-0.15, -0.1) is 0 Å². The molecule has 1 aromatic heterocycles. The van der Waals surface area contributed by atoms with E-state index in [9.17, 15) is 9.90 Å². The minimum Gasteiger partial charge on any atom is -0.464 e. The first kappa shape index (κ1) is 15.2.